The van der Waals surface area contributed by atoms with Crippen LogP contribution in [0, 0.1) is 5.92 Å². The Morgan fingerprint density at radius 1 is 1.47 bits per heavy atom. The molecule has 0 rings (SSSR count). The number of rotatable bonds is 5. The van der Waals surface area contributed by atoms with E-state index < -0.39 is 37.1 Å². The number of carbonyl (C=O) groups excluding carboxylic acids is 1. The van der Waals surface area contributed by atoms with E-state index in [1.165, 1.54) is 0 Å². The molecule has 1 atom stereocenters. The van der Waals surface area contributed by atoms with E-state index in [4.69, 9.17) is 5.11 Å². The van der Waals surface area contributed by atoms with Gasteiger partial charge in [-0.25, -0.2) is 0 Å². The molecule has 0 bridgehead atoms. The van der Waals surface area contributed by atoms with Crippen LogP contribution in [0.25, 0.3) is 0 Å². The Hall–Kier alpha value is -1.31. The van der Waals surface area contributed by atoms with Crippen molar-refractivity contribution in [1.29, 1.82) is 0 Å². The summed E-state index contributed by atoms with van der Waals surface area (Å²) >= 11 is 0. The molecule has 0 aliphatic carbocycles. The number of esters is 1. The first kappa shape index (κ1) is 13.7. The minimum absolute atomic E-state index is 0.462. The molecule has 0 radical (unpaired) electrons. The van der Waals surface area contributed by atoms with Gasteiger partial charge in [0.25, 0.3) is 0 Å². The van der Waals surface area contributed by atoms with E-state index in [-0.39, 0.29) is 0 Å². The lowest BCUT2D eigenvalue weighted by Crippen LogP contribution is -2.40. The summed E-state index contributed by atoms with van der Waals surface area (Å²) in [5.41, 5.74) is 0. The maximum absolute atomic E-state index is 12.0. The number of carboxylic acids is 1. The van der Waals surface area contributed by atoms with E-state index in [2.05, 4.69) is 4.74 Å². The maximum Gasteiger partial charge on any atom is 0.403 e. The average Bonchev–Trinajstić information content (AvgIpc) is 2.09. The Labute approximate surface area is 83.2 Å². The van der Waals surface area contributed by atoms with E-state index in [0.717, 1.165) is 7.11 Å². The van der Waals surface area contributed by atoms with E-state index in [0.29, 0.717) is 0 Å². The van der Waals surface area contributed by atoms with Crippen molar-refractivity contribution in [2.45, 2.75) is 6.18 Å². The van der Waals surface area contributed by atoms with Crippen molar-refractivity contribution in [3.8, 4) is 0 Å². The van der Waals surface area contributed by atoms with Gasteiger partial charge in [0.2, 0.25) is 0 Å². The smallest absolute Gasteiger partial charge is 0.403 e. The van der Waals surface area contributed by atoms with Gasteiger partial charge in [0.1, 0.15) is 0 Å². The highest BCUT2D eigenvalue weighted by molar-refractivity contribution is 5.72. The topological polar surface area (TPSA) is 75.6 Å². The van der Waals surface area contributed by atoms with Gasteiger partial charge in [-0.15, -0.1) is 0 Å². The van der Waals surface area contributed by atoms with Crippen molar-refractivity contribution >= 4 is 11.9 Å². The second kappa shape index (κ2) is 5.54. The van der Waals surface area contributed by atoms with Crippen LogP contribution in [0.1, 0.15) is 0 Å². The molecule has 0 heterocycles. The fourth-order valence-corrected chi connectivity index (χ4v) is 0.734. The minimum Gasteiger partial charge on any atom is -0.481 e. The standard InChI is InChI=1S/C7H10F3NO4/c1-15-5(12)3-11-2-4(6(13)14)7(8,9)10/h4,11H,2-3H2,1H3,(H,13,14). The SMILES string of the molecule is COC(=O)CNCC(C(=O)O)C(F)(F)F. The van der Waals surface area contributed by atoms with Crippen LogP contribution in [-0.4, -0.2) is 43.4 Å². The highest BCUT2D eigenvalue weighted by Crippen LogP contribution is 2.25. The van der Waals surface area contributed by atoms with Gasteiger partial charge in [-0.1, -0.05) is 0 Å². The van der Waals surface area contributed by atoms with E-state index in [9.17, 15) is 22.8 Å². The molecular formula is C7H10F3NO4. The first-order valence-corrected chi connectivity index (χ1v) is 3.86. The Morgan fingerprint density at radius 2 is 2.00 bits per heavy atom. The van der Waals surface area contributed by atoms with E-state index in [1.54, 1.807) is 0 Å². The molecule has 0 aromatic rings. The molecule has 0 saturated heterocycles. The third-order valence-corrected chi connectivity index (χ3v) is 1.54. The fraction of sp³-hybridized carbons (Fsp3) is 0.714. The molecular weight excluding hydrogens is 219 g/mol. The Balaban J connectivity index is 4.10. The third-order valence-electron chi connectivity index (χ3n) is 1.54. The summed E-state index contributed by atoms with van der Waals surface area (Å²) in [6.07, 6.45) is -4.84. The lowest BCUT2D eigenvalue weighted by Gasteiger charge is -2.15. The monoisotopic (exact) mass is 229 g/mol. The van der Waals surface area contributed by atoms with Gasteiger partial charge >= 0.3 is 18.1 Å². The normalized spacial score (nSPS) is 13.3. The Kier molecular flexibility index (Phi) is 5.06. The van der Waals surface area contributed by atoms with Crippen LogP contribution in [0.15, 0.2) is 0 Å². The molecule has 0 aromatic carbocycles. The molecule has 5 nitrogen and oxygen atoms in total. The predicted molar refractivity (Wildman–Crippen MR) is 42.1 cm³/mol. The maximum atomic E-state index is 12.0. The quantitative estimate of drug-likeness (QED) is 0.649. The lowest BCUT2D eigenvalue weighted by molar-refractivity contribution is -0.192. The minimum atomic E-state index is -4.84. The van der Waals surface area contributed by atoms with Crippen LogP contribution in [0.4, 0.5) is 13.2 Å². The molecule has 0 aliphatic rings. The first-order valence-electron chi connectivity index (χ1n) is 3.86. The first-order chi connectivity index (χ1) is 6.79. The predicted octanol–water partition coefficient (Wildman–Crippen LogP) is 0.0121. The van der Waals surface area contributed by atoms with Crippen LogP contribution in [0.5, 0.6) is 0 Å². The second-order valence-electron chi connectivity index (χ2n) is 2.64. The number of aliphatic carboxylic acids is 1. The van der Waals surface area contributed by atoms with Gasteiger partial charge in [0, 0.05) is 6.54 Å². The van der Waals surface area contributed by atoms with Gasteiger partial charge in [0.05, 0.1) is 13.7 Å². The number of hydrogen-bond acceptors (Lipinski definition) is 4. The molecule has 2 N–H and O–H groups in total. The van der Waals surface area contributed by atoms with Gasteiger partial charge in [0.15, 0.2) is 5.92 Å². The van der Waals surface area contributed by atoms with Gasteiger partial charge in [-0.3, -0.25) is 9.59 Å². The van der Waals surface area contributed by atoms with Crippen LogP contribution >= 0.6 is 0 Å². The molecule has 0 amide bonds. The molecule has 88 valence electrons. The number of carbonyl (C=O) groups is 2. The average molecular weight is 229 g/mol. The highest BCUT2D eigenvalue weighted by Gasteiger charge is 2.44. The van der Waals surface area contributed by atoms with Crippen molar-refractivity contribution in [3.05, 3.63) is 0 Å². The number of nitrogens with one attached hydrogen (secondary N) is 1. The summed E-state index contributed by atoms with van der Waals surface area (Å²) in [6, 6.07) is 0. The summed E-state index contributed by atoms with van der Waals surface area (Å²) in [5, 5.41) is 10.3. The van der Waals surface area contributed by atoms with Crippen molar-refractivity contribution < 1.29 is 32.6 Å². The summed E-state index contributed by atoms with van der Waals surface area (Å²) in [5.74, 6) is -5.27. The molecule has 0 saturated carbocycles. The number of alkyl halides is 3. The molecule has 0 fully saturated rings. The molecule has 15 heavy (non-hydrogen) atoms. The van der Waals surface area contributed by atoms with Crippen molar-refractivity contribution in [2.24, 2.45) is 5.92 Å². The lowest BCUT2D eigenvalue weighted by atomic mass is 10.1. The summed E-state index contributed by atoms with van der Waals surface area (Å²) in [4.78, 5) is 20.7. The number of carboxylic acid groups (broad SMARTS) is 1. The number of methoxy groups -OCH3 is 1. The van der Waals surface area contributed by atoms with Crippen LogP contribution in [-0.2, 0) is 14.3 Å². The molecule has 1 unspecified atom stereocenters. The number of hydrogen-bond donors (Lipinski definition) is 2. The summed E-state index contributed by atoms with van der Waals surface area (Å²) in [7, 11) is 1.07. The summed E-state index contributed by atoms with van der Waals surface area (Å²) < 4.78 is 40.3. The zero-order valence-electron chi connectivity index (χ0n) is 7.80. The van der Waals surface area contributed by atoms with Crippen LogP contribution in [0.2, 0.25) is 0 Å². The Bertz CT molecular complexity index is 241. The zero-order chi connectivity index (χ0) is 12.1. The third kappa shape index (κ3) is 5.21. The van der Waals surface area contributed by atoms with Gasteiger partial charge in [-0.05, 0) is 0 Å². The number of halogens is 3. The van der Waals surface area contributed by atoms with E-state index in [1.807, 2.05) is 5.32 Å². The molecule has 8 heteroatoms. The highest BCUT2D eigenvalue weighted by atomic mass is 19.4. The molecule has 0 spiro atoms. The van der Waals surface area contributed by atoms with E-state index >= 15 is 0 Å². The molecule has 0 aromatic heterocycles. The molecule has 0 aliphatic heterocycles. The van der Waals surface area contributed by atoms with Gasteiger partial charge < -0.3 is 15.2 Å². The fourth-order valence-electron chi connectivity index (χ4n) is 0.734. The van der Waals surface area contributed by atoms with Crippen LogP contribution in [0.3, 0.4) is 0 Å². The second-order valence-corrected chi connectivity index (χ2v) is 2.64. The van der Waals surface area contributed by atoms with Crippen molar-refractivity contribution in [1.82, 2.24) is 5.32 Å². The van der Waals surface area contributed by atoms with Crippen molar-refractivity contribution in [3.63, 3.8) is 0 Å². The van der Waals surface area contributed by atoms with Crippen LogP contribution < -0.4 is 5.32 Å². The van der Waals surface area contributed by atoms with Crippen molar-refractivity contribution in [2.75, 3.05) is 20.2 Å². The van der Waals surface area contributed by atoms with Gasteiger partial charge in [-0.2, -0.15) is 13.2 Å². The number of ether oxygens (including phenoxy) is 1. The Morgan fingerprint density at radius 3 is 2.33 bits per heavy atom. The summed E-state index contributed by atoms with van der Waals surface area (Å²) in [6.45, 7) is -1.33. The largest absolute Gasteiger partial charge is 0.481 e. The zero-order valence-corrected chi connectivity index (χ0v) is 7.80.